The molecule has 0 saturated carbocycles. The maximum absolute atomic E-state index is 12.4. The van der Waals surface area contributed by atoms with E-state index in [-0.39, 0.29) is 16.3 Å². The summed E-state index contributed by atoms with van der Waals surface area (Å²) in [6.07, 6.45) is 2.13. The van der Waals surface area contributed by atoms with Gasteiger partial charge in [-0.05, 0) is 25.2 Å². The van der Waals surface area contributed by atoms with E-state index in [2.05, 4.69) is 18.8 Å². The number of hydrogen-bond donors (Lipinski definition) is 0. The van der Waals surface area contributed by atoms with Gasteiger partial charge >= 0.3 is 5.97 Å². The normalized spacial score (nSPS) is 17.9. The second-order valence-electron chi connectivity index (χ2n) is 5.75. The molecule has 0 bridgehead atoms. The van der Waals surface area contributed by atoms with Crippen LogP contribution >= 0.6 is 11.3 Å². The van der Waals surface area contributed by atoms with E-state index < -0.39 is 5.97 Å². The highest BCUT2D eigenvalue weighted by Crippen LogP contribution is 2.29. The molecule has 1 aliphatic rings. The van der Waals surface area contributed by atoms with E-state index in [4.69, 9.17) is 4.74 Å². The molecule has 1 saturated heterocycles. The first-order chi connectivity index (χ1) is 9.43. The van der Waals surface area contributed by atoms with Crippen molar-refractivity contribution in [2.45, 2.75) is 33.6 Å². The maximum atomic E-state index is 12.4. The second-order valence-corrected chi connectivity index (χ2v) is 6.61. The van der Waals surface area contributed by atoms with Gasteiger partial charge in [0.05, 0.1) is 6.61 Å². The number of ether oxygens (including phenoxy) is 1. The van der Waals surface area contributed by atoms with Gasteiger partial charge in [-0.25, -0.2) is 9.78 Å². The van der Waals surface area contributed by atoms with Gasteiger partial charge in [0.2, 0.25) is 5.01 Å². The van der Waals surface area contributed by atoms with Gasteiger partial charge in [0.25, 0.3) is 5.91 Å². The van der Waals surface area contributed by atoms with Crippen molar-refractivity contribution < 1.29 is 14.3 Å². The summed E-state index contributed by atoms with van der Waals surface area (Å²) in [5.41, 5.74) is 0.490. The Morgan fingerprint density at radius 1 is 1.50 bits per heavy atom. The van der Waals surface area contributed by atoms with Crippen LogP contribution in [-0.4, -0.2) is 41.5 Å². The van der Waals surface area contributed by atoms with Gasteiger partial charge in [0.15, 0.2) is 0 Å². The van der Waals surface area contributed by atoms with E-state index in [1.807, 2.05) is 4.90 Å². The molecule has 2 rings (SSSR count). The number of likely N-dealkylation sites (tertiary alicyclic amines) is 1. The molecule has 2 heterocycles. The van der Waals surface area contributed by atoms with Crippen molar-refractivity contribution >= 4 is 23.2 Å². The minimum atomic E-state index is -0.462. The fraction of sp³-hybridized carbons (Fsp3) is 0.643. The summed E-state index contributed by atoms with van der Waals surface area (Å²) in [5.74, 6) is -0.555. The third-order valence-corrected chi connectivity index (χ3v) is 4.18. The van der Waals surface area contributed by atoms with E-state index in [1.165, 1.54) is 0 Å². The van der Waals surface area contributed by atoms with E-state index >= 15 is 0 Å². The van der Waals surface area contributed by atoms with Crippen LogP contribution in [-0.2, 0) is 4.74 Å². The molecule has 0 aromatic carbocycles. The van der Waals surface area contributed by atoms with Crippen molar-refractivity contribution in [3.8, 4) is 0 Å². The molecule has 0 unspecified atom stereocenters. The van der Waals surface area contributed by atoms with E-state index in [0.29, 0.717) is 12.3 Å². The first-order valence-corrected chi connectivity index (χ1v) is 7.73. The summed E-state index contributed by atoms with van der Waals surface area (Å²) in [4.78, 5) is 29.9. The Bertz CT molecular complexity index is 510. The molecule has 1 amide bonds. The molecule has 1 fully saturated rings. The van der Waals surface area contributed by atoms with Crippen molar-refractivity contribution in [3.63, 3.8) is 0 Å². The van der Waals surface area contributed by atoms with Gasteiger partial charge in [-0.2, -0.15) is 0 Å². The summed E-state index contributed by atoms with van der Waals surface area (Å²) in [5, 5.41) is 1.88. The summed E-state index contributed by atoms with van der Waals surface area (Å²) < 4.78 is 4.88. The molecule has 0 N–H and O–H groups in total. The lowest BCUT2D eigenvalue weighted by Crippen LogP contribution is -2.43. The first kappa shape index (κ1) is 15.0. The average molecular weight is 296 g/mol. The van der Waals surface area contributed by atoms with Crippen LogP contribution in [0.15, 0.2) is 5.38 Å². The molecule has 1 aliphatic heterocycles. The number of thiazole rings is 1. The van der Waals surface area contributed by atoms with Crippen LogP contribution in [0, 0.1) is 5.41 Å². The number of esters is 1. The van der Waals surface area contributed by atoms with E-state index in [9.17, 15) is 9.59 Å². The Balaban J connectivity index is 2.08. The Kier molecular flexibility index (Phi) is 4.42. The largest absolute Gasteiger partial charge is 0.461 e. The molecule has 0 aliphatic carbocycles. The lowest BCUT2D eigenvalue weighted by molar-refractivity contribution is 0.0525. The fourth-order valence-corrected chi connectivity index (χ4v) is 3.10. The van der Waals surface area contributed by atoms with Gasteiger partial charge in [0.1, 0.15) is 5.69 Å². The van der Waals surface area contributed by atoms with Gasteiger partial charge in [0, 0.05) is 18.5 Å². The van der Waals surface area contributed by atoms with Gasteiger partial charge < -0.3 is 9.64 Å². The van der Waals surface area contributed by atoms with Crippen molar-refractivity contribution in [1.82, 2.24) is 9.88 Å². The smallest absolute Gasteiger partial charge is 0.367 e. The van der Waals surface area contributed by atoms with Crippen molar-refractivity contribution in [1.29, 1.82) is 0 Å². The number of rotatable bonds is 3. The number of piperidine rings is 1. The topological polar surface area (TPSA) is 59.5 Å². The molecule has 6 heteroatoms. The van der Waals surface area contributed by atoms with Crippen molar-refractivity contribution in [2.75, 3.05) is 19.7 Å². The molecule has 20 heavy (non-hydrogen) atoms. The Morgan fingerprint density at radius 2 is 2.25 bits per heavy atom. The Labute approximate surface area is 122 Å². The number of hydrogen-bond acceptors (Lipinski definition) is 5. The zero-order valence-electron chi connectivity index (χ0n) is 12.1. The molecule has 0 spiro atoms. The molecule has 0 radical (unpaired) electrons. The summed E-state index contributed by atoms with van der Waals surface area (Å²) in [7, 11) is 0. The molecule has 5 nitrogen and oxygen atoms in total. The second kappa shape index (κ2) is 5.91. The molecule has 1 aromatic rings. The summed E-state index contributed by atoms with van der Waals surface area (Å²) >= 11 is 1.16. The highest BCUT2D eigenvalue weighted by atomic mass is 32.1. The lowest BCUT2D eigenvalue weighted by atomic mass is 9.84. The maximum Gasteiger partial charge on any atom is 0.367 e. The van der Waals surface area contributed by atoms with Crippen LogP contribution in [0.2, 0.25) is 0 Å². The molecular formula is C14H20N2O3S. The number of carbonyl (C=O) groups is 2. The molecule has 1 aromatic heterocycles. The van der Waals surface area contributed by atoms with Crippen LogP contribution in [0.5, 0.6) is 0 Å². The number of carbonyl (C=O) groups excluding carboxylic acids is 2. The van der Waals surface area contributed by atoms with Crippen LogP contribution < -0.4 is 0 Å². The third kappa shape index (κ3) is 3.36. The summed E-state index contributed by atoms with van der Waals surface area (Å²) in [6, 6.07) is 0. The van der Waals surface area contributed by atoms with Gasteiger partial charge in [-0.15, -0.1) is 11.3 Å². The van der Waals surface area contributed by atoms with Gasteiger partial charge in [-0.1, -0.05) is 13.8 Å². The van der Waals surface area contributed by atoms with Crippen LogP contribution in [0.3, 0.4) is 0 Å². The predicted molar refractivity (Wildman–Crippen MR) is 77.0 cm³/mol. The SMILES string of the molecule is CCOC(=O)c1nc(C(=O)N2CCCC(C)(C)C2)cs1. The number of nitrogens with zero attached hydrogens (tertiary/aromatic N) is 2. The van der Waals surface area contributed by atoms with Crippen molar-refractivity contribution in [2.24, 2.45) is 5.41 Å². The Hall–Kier alpha value is -1.43. The minimum Gasteiger partial charge on any atom is -0.461 e. The van der Waals surface area contributed by atoms with E-state index in [1.54, 1.807) is 12.3 Å². The zero-order valence-corrected chi connectivity index (χ0v) is 13.0. The quantitative estimate of drug-likeness (QED) is 0.804. The molecule has 110 valence electrons. The zero-order chi connectivity index (χ0) is 14.8. The number of aromatic nitrogens is 1. The predicted octanol–water partition coefficient (Wildman–Crippen LogP) is 2.58. The monoisotopic (exact) mass is 296 g/mol. The average Bonchev–Trinajstić information content (AvgIpc) is 2.86. The standard InChI is InChI=1S/C14H20N2O3S/c1-4-19-13(18)11-15-10(8-20-11)12(17)16-7-5-6-14(2,3)9-16/h8H,4-7,9H2,1-3H3. The van der Waals surface area contributed by atoms with Crippen LogP contribution in [0.25, 0.3) is 0 Å². The summed E-state index contributed by atoms with van der Waals surface area (Å²) in [6.45, 7) is 7.87. The fourth-order valence-electron chi connectivity index (χ4n) is 2.42. The molecule has 0 atom stereocenters. The van der Waals surface area contributed by atoms with Crippen LogP contribution in [0.1, 0.15) is 53.9 Å². The molecular weight excluding hydrogens is 276 g/mol. The lowest BCUT2D eigenvalue weighted by Gasteiger charge is -2.37. The first-order valence-electron chi connectivity index (χ1n) is 6.85. The third-order valence-electron chi connectivity index (χ3n) is 3.36. The van der Waals surface area contributed by atoms with Gasteiger partial charge in [-0.3, -0.25) is 4.79 Å². The highest BCUT2D eigenvalue weighted by molar-refractivity contribution is 7.11. The highest BCUT2D eigenvalue weighted by Gasteiger charge is 2.30. The van der Waals surface area contributed by atoms with Crippen molar-refractivity contribution in [3.05, 3.63) is 16.1 Å². The number of amides is 1. The minimum absolute atomic E-state index is 0.0930. The van der Waals surface area contributed by atoms with E-state index in [0.717, 1.165) is 37.3 Å². The van der Waals surface area contributed by atoms with Crippen LogP contribution in [0.4, 0.5) is 0 Å². The Morgan fingerprint density at radius 3 is 2.90 bits per heavy atom.